The van der Waals surface area contributed by atoms with Crippen molar-refractivity contribution in [2.24, 2.45) is 11.7 Å². The molecule has 1 heterocycles. The minimum absolute atomic E-state index is 0.104. The maximum Gasteiger partial charge on any atom is 0.119 e. The van der Waals surface area contributed by atoms with E-state index in [2.05, 4.69) is 30.0 Å². The number of piperidine rings is 1. The number of methoxy groups -OCH3 is 1. The van der Waals surface area contributed by atoms with Gasteiger partial charge in [0.15, 0.2) is 0 Å². The second kappa shape index (κ2) is 4.72. The summed E-state index contributed by atoms with van der Waals surface area (Å²) in [5, 5.41) is 0. The van der Waals surface area contributed by atoms with Crippen LogP contribution in [0.3, 0.4) is 0 Å². The molecule has 0 radical (unpaired) electrons. The summed E-state index contributed by atoms with van der Waals surface area (Å²) in [6.45, 7) is 4.82. The molecule has 1 saturated heterocycles. The van der Waals surface area contributed by atoms with E-state index in [0.717, 1.165) is 24.5 Å². The lowest BCUT2D eigenvalue weighted by atomic mass is 9.62. The zero-order valence-electron chi connectivity index (χ0n) is 13.1. The van der Waals surface area contributed by atoms with Crippen LogP contribution in [-0.2, 0) is 11.8 Å². The fourth-order valence-corrected chi connectivity index (χ4v) is 4.41. The molecule has 4 rings (SSSR count). The smallest absolute Gasteiger partial charge is 0.119 e. The summed E-state index contributed by atoms with van der Waals surface area (Å²) in [6.07, 6.45) is 5.10. The van der Waals surface area contributed by atoms with Crippen LogP contribution in [0.2, 0.25) is 0 Å². The van der Waals surface area contributed by atoms with E-state index in [1.807, 2.05) is 0 Å². The van der Waals surface area contributed by atoms with Gasteiger partial charge in [0.1, 0.15) is 5.75 Å². The summed E-state index contributed by atoms with van der Waals surface area (Å²) in [5.41, 5.74) is 9.74. The van der Waals surface area contributed by atoms with E-state index >= 15 is 0 Å². The maximum atomic E-state index is 6.73. The van der Waals surface area contributed by atoms with Crippen molar-refractivity contribution < 1.29 is 4.74 Å². The third-order valence-corrected chi connectivity index (χ3v) is 6.09. The molecule has 21 heavy (non-hydrogen) atoms. The molecular formula is C18H26N2O. The number of nitrogens with zero attached hydrogens (tertiary/aromatic N) is 1. The van der Waals surface area contributed by atoms with Gasteiger partial charge in [-0.25, -0.2) is 0 Å². The Kier molecular flexibility index (Phi) is 3.05. The normalized spacial score (nSPS) is 35.4. The van der Waals surface area contributed by atoms with E-state index in [9.17, 15) is 0 Å². The van der Waals surface area contributed by atoms with Crippen LogP contribution in [0.1, 0.15) is 37.3 Å². The highest BCUT2D eigenvalue weighted by molar-refractivity contribution is 5.45. The molecule has 0 unspecified atom stereocenters. The SMILES string of the molecule is COc1ccc2c(c1)[C@@]1(C)CCN(CC3CC3)[C@H](C2)[C@@H]1N. The molecule has 3 atom stereocenters. The topological polar surface area (TPSA) is 38.5 Å². The predicted octanol–water partition coefficient (Wildman–Crippen LogP) is 2.32. The fraction of sp³-hybridized carbons (Fsp3) is 0.667. The Balaban J connectivity index is 1.70. The Morgan fingerprint density at radius 3 is 2.90 bits per heavy atom. The lowest BCUT2D eigenvalue weighted by Crippen LogP contribution is -2.65. The quantitative estimate of drug-likeness (QED) is 0.927. The fourth-order valence-electron chi connectivity index (χ4n) is 4.41. The zero-order valence-corrected chi connectivity index (χ0v) is 13.1. The van der Waals surface area contributed by atoms with Crippen molar-refractivity contribution >= 4 is 0 Å². The first-order valence-electron chi connectivity index (χ1n) is 8.29. The summed E-state index contributed by atoms with van der Waals surface area (Å²) < 4.78 is 5.43. The van der Waals surface area contributed by atoms with Crippen LogP contribution in [0.4, 0.5) is 0 Å². The number of likely N-dealkylation sites (tertiary alicyclic amines) is 1. The monoisotopic (exact) mass is 286 g/mol. The number of rotatable bonds is 3. The molecule has 114 valence electrons. The van der Waals surface area contributed by atoms with Crippen LogP contribution >= 0.6 is 0 Å². The van der Waals surface area contributed by atoms with Gasteiger partial charge in [-0.2, -0.15) is 0 Å². The van der Waals surface area contributed by atoms with Gasteiger partial charge in [-0.3, -0.25) is 4.90 Å². The van der Waals surface area contributed by atoms with Crippen LogP contribution in [-0.4, -0.2) is 37.2 Å². The molecule has 3 heteroatoms. The molecule has 2 N–H and O–H groups in total. The van der Waals surface area contributed by atoms with Crippen molar-refractivity contribution in [1.82, 2.24) is 4.90 Å². The Morgan fingerprint density at radius 1 is 1.38 bits per heavy atom. The van der Waals surface area contributed by atoms with Gasteiger partial charge in [-0.1, -0.05) is 13.0 Å². The third kappa shape index (κ3) is 2.09. The molecule has 0 spiro atoms. The highest BCUT2D eigenvalue weighted by Gasteiger charge is 2.49. The summed E-state index contributed by atoms with van der Waals surface area (Å²) >= 11 is 0. The average Bonchev–Trinajstić information content (AvgIpc) is 3.30. The molecule has 1 aliphatic heterocycles. The first-order chi connectivity index (χ1) is 10.1. The maximum absolute atomic E-state index is 6.73. The van der Waals surface area contributed by atoms with Crippen molar-refractivity contribution in [1.29, 1.82) is 0 Å². The molecule has 2 bridgehead atoms. The van der Waals surface area contributed by atoms with Crippen molar-refractivity contribution in [2.75, 3.05) is 20.2 Å². The minimum atomic E-state index is 0.104. The number of ether oxygens (including phenoxy) is 1. The van der Waals surface area contributed by atoms with Crippen LogP contribution in [0.5, 0.6) is 5.75 Å². The standard InChI is InChI=1S/C18H26N2O/c1-18-7-8-20(11-12-3-4-12)16(17(18)19)9-13-5-6-14(21-2)10-15(13)18/h5-6,10,12,16-17H,3-4,7-9,11,19H2,1-2H3/t16-,17+,18-/m1/s1. The predicted molar refractivity (Wildman–Crippen MR) is 84.7 cm³/mol. The van der Waals surface area contributed by atoms with E-state index < -0.39 is 0 Å². The van der Waals surface area contributed by atoms with Crippen molar-refractivity contribution in [3.8, 4) is 5.75 Å². The zero-order chi connectivity index (χ0) is 14.6. The number of hydrogen-bond acceptors (Lipinski definition) is 3. The van der Waals surface area contributed by atoms with Gasteiger partial charge in [0.2, 0.25) is 0 Å². The molecule has 1 aromatic rings. The highest BCUT2D eigenvalue weighted by Crippen LogP contribution is 2.46. The van der Waals surface area contributed by atoms with Gasteiger partial charge >= 0.3 is 0 Å². The molecule has 2 fully saturated rings. The number of fused-ring (bicyclic) bond motifs is 4. The van der Waals surface area contributed by atoms with Gasteiger partial charge in [-0.15, -0.1) is 0 Å². The molecule has 0 amide bonds. The lowest BCUT2D eigenvalue weighted by Gasteiger charge is -2.54. The van der Waals surface area contributed by atoms with Crippen LogP contribution in [0, 0.1) is 5.92 Å². The van der Waals surface area contributed by atoms with Gasteiger partial charge < -0.3 is 10.5 Å². The van der Waals surface area contributed by atoms with Gasteiger partial charge in [0, 0.05) is 24.0 Å². The minimum Gasteiger partial charge on any atom is -0.497 e. The number of nitrogens with two attached hydrogens (primary N) is 1. The first-order valence-corrected chi connectivity index (χ1v) is 8.29. The second-order valence-corrected chi connectivity index (χ2v) is 7.43. The van der Waals surface area contributed by atoms with E-state index in [1.165, 1.54) is 37.1 Å². The third-order valence-electron chi connectivity index (χ3n) is 6.09. The Labute approximate surface area is 127 Å². The van der Waals surface area contributed by atoms with Crippen LogP contribution in [0.25, 0.3) is 0 Å². The molecule has 1 aromatic carbocycles. The molecule has 3 aliphatic rings. The molecule has 0 aromatic heterocycles. The molecular weight excluding hydrogens is 260 g/mol. The van der Waals surface area contributed by atoms with Crippen molar-refractivity contribution in [2.45, 2.75) is 50.1 Å². The number of hydrogen-bond donors (Lipinski definition) is 1. The van der Waals surface area contributed by atoms with E-state index in [1.54, 1.807) is 7.11 Å². The van der Waals surface area contributed by atoms with E-state index in [-0.39, 0.29) is 11.5 Å². The lowest BCUT2D eigenvalue weighted by molar-refractivity contribution is 0.0601. The Morgan fingerprint density at radius 2 is 2.19 bits per heavy atom. The van der Waals surface area contributed by atoms with Gasteiger partial charge in [0.05, 0.1) is 7.11 Å². The first kappa shape index (κ1) is 13.6. The summed E-state index contributed by atoms with van der Waals surface area (Å²) in [7, 11) is 1.74. The Bertz CT molecular complexity index is 554. The summed E-state index contributed by atoms with van der Waals surface area (Å²) in [6, 6.07) is 7.34. The molecule has 3 nitrogen and oxygen atoms in total. The van der Waals surface area contributed by atoms with E-state index in [4.69, 9.17) is 10.5 Å². The summed E-state index contributed by atoms with van der Waals surface area (Å²) in [4.78, 5) is 2.68. The second-order valence-electron chi connectivity index (χ2n) is 7.43. The number of benzene rings is 1. The molecule has 2 aliphatic carbocycles. The van der Waals surface area contributed by atoms with Crippen molar-refractivity contribution in [3.63, 3.8) is 0 Å². The van der Waals surface area contributed by atoms with Crippen LogP contribution in [0.15, 0.2) is 18.2 Å². The highest BCUT2D eigenvalue weighted by atomic mass is 16.5. The van der Waals surface area contributed by atoms with Crippen LogP contribution < -0.4 is 10.5 Å². The Hall–Kier alpha value is -1.06. The van der Waals surface area contributed by atoms with Gasteiger partial charge in [0.25, 0.3) is 0 Å². The molecule has 1 saturated carbocycles. The largest absolute Gasteiger partial charge is 0.497 e. The van der Waals surface area contributed by atoms with Crippen molar-refractivity contribution in [3.05, 3.63) is 29.3 Å². The average molecular weight is 286 g/mol. The van der Waals surface area contributed by atoms with Gasteiger partial charge in [-0.05, 0) is 61.4 Å². The summed E-state index contributed by atoms with van der Waals surface area (Å²) in [5.74, 6) is 1.90. The van der Waals surface area contributed by atoms with E-state index in [0.29, 0.717) is 6.04 Å².